The second-order valence-corrected chi connectivity index (χ2v) is 6.14. The zero-order chi connectivity index (χ0) is 13.5. The van der Waals surface area contributed by atoms with Crippen LogP contribution in [0.15, 0.2) is 42.0 Å². The predicted octanol–water partition coefficient (Wildman–Crippen LogP) is 3.44. The van der Waals surface area contributed by atoms with Crippen LogP contribution in [0.4, 0.5) is 11.4 Å². The van der Waals surface area contributed by atoms with Crippen LogP contribution in [-0.4, -0.2) is 11.5 Å². The highest BCUT2D eigenvalue weighted by Crippen LogP contribution is 2.34. The number of benzene rings is 1. The maximum atomic E-state index is 6.38. The van der Waals surface area contributed by atoms with Gasteiger partial charge in [0.15, 0.2) is 0 Å². The van der Waals surface area contributed by atoms with Gasteiger partial charge in [-0.05, 0) is 35.6 Å². The van der Waals surface area contributed by atoms with Gasteiger partial charge in [0.1, 0.15) is 0 Å². The van der Waals surface area contributed by atoms with Crippen molar-refractivity contribution in [2.75, 3.05) is 17.2 Å². The zero-order valence-electron chi connectivity index (χ0n) is 11.0. The van der Waals surface area contributed by atoms with Crippen LogP contribution in [0.2, 0.25) is 0 Å². The number of nitrogen functional groups attached to an aromatic ring is 1. The lowest BCUT2D eigenvalue weighted by Crippen LogP contribution is -2.30. The Hall–Kier alpha value is -2.07. The molecule has 100 valence electrons. The molecule has 4 rings (SSSR count). The maximum absolute atomic E-state index is 6.38. The monoisotopic (exact) mass is 281 g/mol. The second kappa shape index (κ2) is 4.49. The summed E-state index contributed by atoms with van der Waals surface area (Å²) in [5, 5.41) is 4.37. The predicted molar refractivity (Wildman–Crippen MR) is 85.2 cm³/mol. The Kier molecular flexibility index (Phi) is 2.63. The largest absolute Gasteiger partial charge is 0.397 e. The standard InChI is InChI=1S/C16H15N3S/c17-16-13-3-6-18-9-11(13)1-2-14(16)19-7-4-15-12(10-19)5-8-20-15/h1-3,5-6,8-9H,4,7,10,17H2. The Morgan fingerprint density at radius 2 is 2.15 bits per heavy atom. The van der Waals surface area contributed by atoms with Gasteiger partial charge in [0.2, 0.25) is 0 Å². The van der Waals surface area contributed by atoms with Crippen LogP contribution >= 0.6 is 11.3 Å². The summed E-state index contributed by atoms with van der Waals surface area (Å²) < 4.78 is 0. The van der Waals surface area contributed by atoms with Gasteiger partial charge in [0, 0.05) is 41.1 Å². The van der Waals surface area contributed by atoms with Crippen LogP contribution in [0, 0.1) is 0 Å². The van der Waals surface area contributed by atoms with Crippen molar-refractivity contribution in [2.24, 2.45) is 0 Å². The van der Waals surface area contributed by atoms with Crippen LogP contribution in [0.3, 0.4) is 0 Å². The van der Waals surface area contributed by atoms with Crippen molar-refractivity contribution >= 4 is 33.5 Å². The molecule has 3 aromatic rings. The first-order valence-electron chi connectivity index (χ1n) is 6.75. The molecular weight excluding hydrogens is 266 g/mol. The number of rotatable bonds is 1. The smallest absolute Gasteiger partial charge is 0.0632 e. The van der Waals surface area contributed by atoms with Crippen molar-refractivity contribution in [3.05, 3.63) is 52.5 Å². The Bertz CT molecular complexity index is 778. The van der Waals surface area contributed by atoms with E-state index >= 15 is 0 Å². The molecule has 2 N–H and O–H groups in total. The van der Waals surface area contributed by atoms with E-state index in [1.54, 1.807) is 6.20 Å². The fourth-order valence-corrected chi connectivity index (χ4v) is 3.80. The van der Waals surface area contributed by atoms with Crippen LogP contribution in [-0.2, 0) is 13.0 Å². The average molecular weight is 281 g/mol. The molecule has 0 aliphatic carbocycles. The summed E-state index contributed by atoms with van der Waals surface area (Å²) in [7, 11) is 0. The number of nitrogens with two attached hydrogens (primary N) is 1. The molecule has 1 aliphatic rings. The normalized spacial score (nSPS) is 14.5. The molecule has 0 unspecified atom stereocenters. The summed E-state index contributed by atoms with van der Waals surface area (Å²) >= 11 is 1.86. The zero-order valence-corrected chi connectivity index (χ0v) is 11.9. The van der Waals surface area contributed by atoms with Crippen molar-refractivity contribution in [3.63, 3.8) is 0 Å². The number of thiophene rings is 1. The highest BCUT2D eigenvalue weighted by molar-refractivity contribution is 7.10. The molecule has 1 aliphatic heterocycles. The van der Waals surface area contributed by atoms with E-state index in [1.807, 2.05) is 23.6 Å². The van der Waals surface area contributed by atoms with Gasteiger partial charge >= 0.3 is 0 Å². The van der Waals surface area contributed by atoms with Gasteiger partial charge in [-0.25, -0.2) is 0 Å². The third kappa shape index (κ3) is 1.76. The summed E-state index contributed by atoms with van der Waals surface area (Å²) in [5.41, 5.74) is 9.82. The maximum Gasteiger partial charge on any atom is 0.0632 e. The van der Waals surface area contributed by atoms with E-state index in [2.05, 4.69) is 33.5 Å². The van der Waals surface area contributed by atoms with E-state index in [4.69, 9.17) is 5.73 Å². The van der Waals surface area contributed by atoms with E-state index in [-0.39, 0.29) is 0 Å². The number of fused-ring (bicyclic) bond motifs is 2. The highest BCUT2D eigenvalue weighted by Gasteiger charge is 2.19. The molecule has 0 spiro atoms. The van der Waals surface area contributed by atoms with Gasteiger partial charge in [-0.1, -0.05) is 6.07 Å². The van der Waals surface area contributed by atoms with E-state index in [0.29, 0.717) is 0 Å². The molecule has 3 nitrogen and oxygen atoms in total. The average Bonchev–Trinajstić information content (AvgIpc) is 2.95. The minimum Gasteiger partial charge on any atom is -0.397 e. The number of hydrogen-bond acceptors (Lipinski definition) is 4. The lowest BCUT2D eigenvalue weighted by atomic mass is 10.1. The number of anilines is 2. The molecule has 0 atom stereocenters. The Morgan fingerprint density at radius 1 is 1.20 bits per heavy atom. The number of nitrogens with zero attached hydrogens (tertiary/aromatic N) is 2. The second-order valence-electron chi connectivity index (χ2n) is 5.14. The number of pyridine rings is 1. The molecule has 0 bridgehead atoms. The van der Waals surface area contributed by atoms with Crippen LogP contribution in [0.25, 0.3) is 10.8 Å². The van der Waals surface area contributed by atoms with Gasteiger partial charge in [-0.15, -0.1) is 11.3 Å². The van der Waals surface area contributed by atoms with Crippen molar-refractivity contribution in [1.29, 1.82) is 0 Å². The number of aromatic nitrogens is 1. The minimum absolute atomic E-state index is 0.864. The lowest BCUT2D eigenvalue weighted by molar-refractivity contribution is 0.745. The molecule has 0 radical (unpaired) electrons. The van der Waals surface area contributed by atoms with E-state index < -0.39 is 0 Å². The molecule has 0 saturated carbocycles. The molecule has 0 amide bonds. The van der Waals surface area contributed by atoms with Crippen LogP contribution in [0.1, 0.15) is 10.4 Å². The molecule has 20 heavy (non-hydrogen) atoms. The Labute approximate surface area is 121 Å². The van der Waals surface area contributed by atoms with Gasteiger partial charge in [-0.3, -0.25) is 4.98 Å². The lowest BCUT2D eigenvalue weighted by Gasteiger charge is -2.30. The quantitative estimate of drug-likeness (QED) is 0.695. The molecule has 0 fully saturated rings. The van der Waals surface area contributed by atoms with E-state index in [9.17, 15) is 0 Å². The minimum atomic E-state index is 0.864. The van der Waals surface area contributed by atoms with Crippen molar-refractivity contribution < 1.29 is 0 Å². The fraction of sp³-hybridized carbons (Fsp3) is 0.188. The molecule has 0 saturated heterocycles. The van der Waals surface area contributed by atoms with Gasteiger partial charge in [0.05, 0.1) is 11.4 Å². The van der Waals surface area contributed by atoms with Crippen molar-refractivity contribution in [3.8, 4) is 0 Å². The molecule has 4 heteroatoms. The molecule has 3 heterocycles. The van der Waals surface area contributed by atoms with Crippen molar-refractivity contribution in [1.82, 2.24) is 4.98 Å². The van der Waals surface area contributed by atoms with Gasteiger partial charge in [0.25, 0.3) is 0 Å². The first kappa shape index (κ1) is 11.7. The van der Waals surface area contributed by atoms with Gasteiger partial charge in [-0.2, -0.15) is 0 Å². The first-order chi connectivity index (χ1) is 9.83. The van der Waals surface area contributed by atoms with E-state index in [1.165, 1.54) is 10.4 Å². The first-order valence-corrected chi connectivity index (χ1v) is 7.63. The topological polar surface area (TPSA) is 42.1 Å². The summed E-state index contributed by atoms with van der Waals surface area (Å²) in [6, 6.07) is 8.45. The Morgan fingerprint density at radius 3 is 3.10 bits per heavy atom. The molecular formula is C16H15N3S. The summed E-state index contributed by atoms with van der Waals surface area (Å²) in [6.45, 7) is 1.99. The summed E-state index contributed by atoms with van der Waals surface area (Å²) in [4.78, 5) is 8.05. The third-order valence-electron chi connectivity index (χ3n) is 3.99. The summed E-state index contributed by atoms with van der Waals surface area (Å²) in [5.74, 6) is 0. The van der Waals surface area contributed by atoms with Crippen LogP contribution in [0.5, 0.6) is 0 Å². The molecule has 1 aromatic carbocycles. The molecule has 2 aromatic heterocycles. The Balaban J connectivity index is 1.78. The van der Waals surface area contributed by atoms with Gasteiger partial charge < -0.3 is 10.6 Å². The highest BCUT2D eigenvalue weighted by atomic mass is 32.1. The number of hydrogen-bond donors (Lipinski definition) is 1. The van der Waals surface area contributed by atoms with Crippen LogP contribution < -0.4 is 10.6 Å². The van der Waals surface area contributed by atoms with E-state index in [0.717, 1.165) is 41.7 Å². The summed E-state index contributed by atoms with van der Waals surface area (Å²) in [6.07, 6.45) is 4.78. The SMILES string of the molecule is Nc1c(N2CCc3sccc3C2)ccc2cnccc12. The third-order valence-corrected chi connectivity index (χ3v) is 5.01. The fourth-order valence-electron chi connectivity index (χ4n) is 2.91. The van der Waals surface area contributed by atoms with Crippen molar-refractivity contribution in [2.45, 2.75) is 13.0 Å².